The van der Waals surface area contributed by atoms with Gasteiger partial charge in [-0.15, -0.1) is 0 Å². The van der Waals surface area contributed by atoms with Gasteiger partial charge < -0.3 is 5.32 Å². The first-order valence-electron chi connectivity index (χ1n) is 7.04. The van der Waals surface area contributed by atoms with Gasteiger partial charge in [0.2, 0.25) is 5.91 Å². The van der Waals surface area contributed by atoms with E-state index in [4.69, 9.17) is 11.6 Å². The van der Waals surface area contributed by atoms with Crippen molar-refractivity contribution >= 4 is 57.1 Å². The van der Waals surface area contributed by atoms with Crippen molar-refractivity contribution in [3.05, 3.63) is 35.5 Å². The molecule has 0 aliphatic carbocycles. The van der Waals surface area contributed by atoms with E-state index < -0.39 is 0 Å². The number of amides is 1. The highest BCUT2D eigenvalue weighted by molar-refractivity contribution is 8.25. The third-order valence-corrected chi connectivity index (χ3v) is 5.62. The van der Waals surface area contributed by atoms with Crippen LogP contribution in [0.1, 0.15) is 13.8 Å². The van der Waals surface area contributed by atoms with Crippen LogP contribution in [-0.2, 0) is 4.79 Å². The summed E-state index contributed by atoms with van der Waals surface area (Å²) in [5.41, 5.74) is 3.89. The monoisotopic (exact) mass is 366 g/mol. The predicted octanol–water partition coefficient (Wildman–Crippen LogP) is 3.64. The Morgan fingerprint density at radius 2 is 2.26 bits per heavy atom. The summed E-state index contributed by atoms with van der Waals surface area (Å²) in [4.78, 5) is 17.1. The van der Waals surface area contributed by atoms with E-state index in [-0.39, 0.29) is 16.5 Å². The van der Waals surface area contributed by atoms with Gasteiger partial charge in [0.25, 0.3) is 0 Å². The summed E-state index contributed by atoms with van der Waals surface area (Å²) >= 11 is 9.13. The lowest BCUT2D eigenvalue weighted by molar-refractivity contribution is -0.122. The molecule has 2 heterocycles. The van der Waals surface area contributed by atoms with E-state index in [1.54, 1.807) is 18.0 Å². The van der Waals surface area contributed by atoms with Gasteiger partial charge in [0.1, 0.15) is 4.71 Å². The molecular weight excluding hydrogens is 352 g/mol. The second kappa shape index (κ2) is 6.98. The fourth-order valence-electron chi connectivity index (χ4n) is 1.94. The number of aromatic nitrogens is 1. The molecule has 0 saturated carbocycles. The van der Waals surface area contributed by atoms with Crippen molar-refractivity contribution in [2.75, 3.05) is 0 Å². The Morgan fingerprint density at radius 1 is 1.43 bits per heavy atom. The summed E-state index contributed by atoms with van der Waals surface area (Å²) in [7, 11) is 0. The van der Waals surface area contributed by atoms with Crippen LogP contribution in [0.2, 0.25) is 5.02 Å². The minimum Gasteiger partial charge on any atom is -0.303 e. The normalized spacial score (nSPS) is 17.2. The van der Waals surface area contributed by atoms with Gasteiger partial charge in [-0.1, -0.05) is 43.3 Å². The molecule has 1 unspecified atom stereocenters. The van der Waals surface area contributed by atoms with Crippen molar-refractivity contribution in [3.63, 3.8) is 0 Å². The average Bonchev–Trinajstić information content (AvgIpc) is 2.94. The molecule has 23 heavy (non-hydrogen) atoms. The summed E-state index contributed by atoms with van der Waals surface area (Å²) < 4.78 is -0.00117. The number of rotatable bonds is 3. The largest absolute Gasteiger partial charge is 0.303 e. The molecule has 1 aliphatic rings. The number of carbonyl (C=O) groups excluding carboxylic acids is 1. The lowest BCUT2D eigenvalue weighted by atomic mass is 10.2. The highest BCUT2D eigenvalue weighted by Crippen LogP contribution is 2.36. The molecule has 1 atom stereocenters. The minimum absolute atomic E-state index is 0.00117. The number of hydrogen-bond donors (Lipinski definition) is 2. The number of halogens is 1. The molecule has 8 heteroatoms. The molecular formula is C15H15ClN4OS2. The first-order valence-corrected chi connectivity index (χ1v) is 9.18. The van der Waals surface area contributed by atoms with Crippen LogP contribution in [0.5, 0.6) is 0 Å². The lowest BCUT2D eigenvalue weighted by Crippen LogP contribution is -2.31. The van der Waals surface area contributed by atoms with Crippen LogP contribution in [0.3, 0.4) is 0 Å². The standard InChI is InChI=1S/C15H15ClN4OS2/c1-8(2)13(21)18-14-19-20-15(23-14)22-12-5-6-17-11-7-9(16)3-4-10(11)12/h3-8,15,20H,1-2H3,(H,18,19,21). The van der Waals surface area contributed by atoms with Crippen molar-refractivity contribution in [2.45, 2.75) is 23.4 Å². The van der Waals surface area contributed by atoms with Crippen LogP contribution >= 0.6 is 35.1 Å². The molecule has 120 valence electrons. The van der Waals surface area contributed by atoms with Gasteiger partial charge >= 0.3 is 0 Å². The van der Waals surface area contributed by atoms with E-state index in [1.807, 2.05) is 38.1 Å². The molecule has 1 amide bonds. The number of hydrogen-bond acceptors (Lipinski definition) is 6. The minimum atomic E-state index is -0.0705. The summed E-state index contributed by atoms with van der Waals surface area (Å²) in [6.07, 6.45) is 1.77. The lowest BCUT2D eigenvalue weighted by Gasteiger charge is -2.11. The van der Waals surface area contributed by atoms with Crippen LogP contribution in [0.4, 0.5) is 0 Å². The van der Waals surface area contributed by atoms with E-state index in [1.165, 1.54) is 11.8 Å². The van der Waals surface area contributed by atoms with Crippen LogP contribution in [-0.4, -0.2) is 20.8 Å². The van der Waals surface area contributed by atoms with Gasteiger partial charge in [0.05, 0.1) is 5.52 Å². The molecule has 0 saturated heterocycles. The first-order chi connectivity index (χ1) is 11.0. The van der Waals surface area contributed by atoms with Gasteiger partial charge in [-0.05, 0) is 30.0 Å². The van der Waals surface area contributed by atoms with E-state index in [2.05, 4.69) is 20.8 Å². The maximum atomic E-state index is 11.7. The Morgan fingerprint density at radius 3 is 3.04 bits per heavy atom. The van der Waals surface area contributed by atoms with Crippen molar-refractivity contribution in [1.82, 2.24) is 15.7 Å². The van der Waals surface area contributed by atoms with Crippen molar-refractivity contribution < 1.29 is 4.79 Å². The van der Waals surface area contributed by atoms with E-state index >= 15 is 0 Å². The summed E-state index contributed by atoms with van der Waals surface area (Å²) in [5, 5.41) is 9.29. The molecule has 2 aromatic rings. The van der Waals surface area contributed by atoms with Crippen LogP contribution in [0, 0.1) is 5.92 Å². The van der Waals surface area contributed by atoms with Crippen LogP contribution in [0.15, 0.2) is 40.5 Å². The molecule has 1 aromatic heterocycles. The van der Waals surface area contributed by atoms with Crippen molar-refractivity contribution in [2.24, 2.45) is 11.0 Å². The second-order valence-electron chi connectivity index (χ2n) is 5.23. The average molecular weight is 367 g/mol. The smallest absolute Gasteiger partial charge is 0.228 e. The van der Waals surface area contributed by atoms with Crippen molar-refractivity contribution in [1.29, 1.82) is 0 Å². The fourth-order valence-corrected chi connectivity index (χ4v) is 4.23. The second-order valence-corrected chi connectivity index (χ2v) is 8.20. The van der Waals surface area contributed by atoms with Gasteiger partial charge in [-0.3, -0.25) is 15.2 Å². The number of fused-ring (bicyclic) bond motifs is 1. The fraction of sp³-hybridized carbons (Fsp3) is 0.267. The van der Waals surface area contributed by atoms with E-state index in [9.17, 15) is 4.79 Å². The molecule has 2 N–H and O–H groups in total. The zero-order valence-electron chi connectivity index (χ0n) is 12.5. The summed E-state index contributed by atoms with van der Waals surface area (Å²) in [6.45, 7) is 3.70. The van der Waals surface area contributed by atoms with E-state index in [0.29, 0.717) is 10.2 Å². The molecule has 1 aliphatic heterocycles. The number of hydrazone groups is 1. The van der Waals surface area contributed by atoms with Crippen molar-refractivity contribution in [3.8, 4) is 0 Å². The van der Waals surface area contributed by atoms with E-state index in [0.717, 1.165) is 15.8 Å². The first kappa shape index (κ1) is 16.4. The van der Waals surface area contributed by atoms with Gasteiger partial charge in [-0.2, -0.15) is 5.10 Å². The SMILES string of the molecule is CC(C)C(=O)NC1=NNC(Sc2ccnc3cc(Cl)ccc23)S1. The third kappa shape index (κ3) is 3.91. The van der Waals surface area contributed by atoms with Crippen LogP contribution < -0.4 is 10.7 Å². The number of carbonyl (C=O) groups is 1. The third-order valence-electron chi connectivity index (χ3n) is 3.14. The summed E-state index contributed by atoms with van der Waals surface area (Å²) in [6, 6.07) is 7.64. The van der Waals surface area contributed by atoms with Gasteiger partial charge in [0, 0.05) is 27.4 Å². The molecule has 0 fully saturated rings. The molecule has 5 nitrogen and oxygen atoms in total. The maximum Gasteiger partial charge on any atom is 0.228 e. The number of thioether (sulfide) groups is 2. The predicted molar refractivity (Wildman–Crippen MR) is 97.5 cm³/mol. The quantitative estimate of drug-likeness (QED) is 0.868. The molecule has 0 radical (unpaired) electrons. The molecule has 0 bridgehead atoms. The Hall–Kier alpha value is -1.44. The number of benzene rings is 1. The number of pyridine rings is 1. The number of nitrogens with one attached hydrogen (secondary N) is 2. The Balaban J connectivity index is 1.69. The van der Waals surface area contributed by atoms with Crippen LogP contribution in [0.25, 0.3) is 10.9 Å². The topological polar surface area (TPSA) is 66.4 Å². The Labute approximate surface area is 147 Å². The Bertz CT molecular complexity index is 781. The highest BCUT2D eigenvalue weighted by atomic mass is 35.5. The zero-order chi connectivity index (χ0) is 16.4. The maximum absolute atomic E-state index is 11.7. The molecule has 3 rings (SSSR count). The highest BCUT2D eigenvalue weighted by Gasteiger charge is 2.23. The molecule has 1 aromatic carbocycles. The number of nitrogens with zero attached hydrogens (tertiary/aromatic N) is 2. The number of amidine groups is 1. The van der Waals surface area contributed by atoms with Gasteiger partial charge in [0.15, 0.2) is 5.17 Å². The Kier molecular flexibility index (Phi) is 4.99. The van der Waals surface area contributed by atoms with Gasteiger partial charge in [-0.25, -0.2) is 0 Å². The summed E-state index contributed by atoms with van der Waals surface area (Å²) in [5.74, 6) is -0.105. The molecule has 0 spiro atoms. The zero-order valence-corrected chi connectivity index (χ0v) is 14.9.